The normalized spacial score (nSPS) is 17.3. The number of rotatable bonds is 3. The fraction of sp³-hybridized carbons (Fsp3) is 0.471. The lowest BCUT2D eigenvalue weighted by Crippen LogP contribution is -2.47. The van der Waals surface area contributed by atoms with Gasteiger partial charge in [0.1, 0.15) is 0 Å². The summed E-state index contributed by atoms with van der Waals surface area (Å²) in [5.74, 6) is -0.917. The Balaban J connectivity index is 2.18. The lowest BCUT2D eigenvalue weighted by Gasteiger charge is -2.33. The summed E-state index contributed by atoms with van der Waals surface area (Å²) in [7, 11) is 1.61. The molecule has 0 aliphatic heterocycles. The number of carbonyl (C=O) groups is 1. The number of benzene rings is 1. The lowest BCUT2D eigenvalue weighted by molar-refractivity contribution is -0.152. The first-order valence-corrected chi connectivity index (χ1v) is 7.88. The number of para-hydroxylation sites is 1. The Morgan fingerprint density at radius 3 is 2.48 bits per heavy atom. The van der Waals surface area contributed by atoms with Gasteiger partial charge in [0.25, 0.3) is 5.56 Å². The first-order valence-electron chi connectivity index (χ1n) is 7.88. The summed E-state index contributed by atoms with van der Waals surface area (Å²) >= 11 is 0. The van der Waals surface area contributed by atoms with Gasteiger partial charge in [-0.05, 0) is 25.0 Å². The zero-order valence-corrected chi connectivity index (χ0v) is 13.1. The van der Waals surface area contributed by atoms with Gasteiger partial charge in [-0.3, -0.25) is 18.7 Å². The van der Waals surface area contributed by atoms with Crippen molar-refractivity contribution in [2.24, 2.45) is 12.5 Å². The van der Waals surface area contributed by atoms with Crippen LogP contribution in [0.2, 0.25) is 0 Å². The number of fused-ring (bicyclic) bond motifs is 1. The Morgan fingerprint density at radius 2 is 1.83 bits per heavy atom. The number of hydrogen-bond donors (Lipinski definition) is 1. The van der Waals surface area contributed by atoms with Crippen molar-refractivity contribution in [3.63, 3.8) is 0 Å². The number of hydrogen-bond acceptors (Lipinski definition) is 3. The molecule has 1 aliphatic carbocycles. The van der Waals surface area contributed by atoms with Crippen molar-refractivity contribution in [1.29, 1.82) is 0 Å². The molecule has 0 saturated heterocycles. The molecule has 1 aromatic carbocycles. The van der Waals surface area contributed by atoms with Crippen molar-refractivity contribution < 1.29 is 9.90 Å². The van der Waals surface area contributed by atoms with Crippen LogP contribution < -0.4 is 11.2 Å². The minimum atomic E-state index is -1.02. The fourth-order valence-corrected chi connectivity index (χ4v) is 3.57. The van der Waals surface area contributed by atoms with Crippen LogP contribution >= 0.6 is 0 Å². The van der Waals surface area contributed by atoms with Crippen molar-refractivity contribution in [2.45, 2.75) is 38.6 Å². The SMILES string of the molecule is Cn1c(=O)n(CC2(C(=O)O)CCCCC2)c(=O)c2ccccc21. The molecule has 23 heavy (non-hydrogen) atoms. The number of aromatic nitrogens is 2. The van der Waals surface area contributed by atoms with Crippen LogP contribution in [0.3, 0.4) is 0 Å². The summed E-state index contributed by atoms with van der Waals surface area (Å²) in [6.07, 6.45) is 3.64. The van der Waals surface area contributed by atoms with E-state index in [2.05, 4.69) is 0 Å². The zero-order valence-electron chi connectivity index (χ0n) is 13.1. The van der Waals surface area contributed by atoms with Gasteiger partial charge in [0.15, 0.2) is 0 Å². The molecule has 0 atom stereocenters. The highest BCUT2D eigenvalue weighted by Gasteiger charge is 2.40. The maximum atomic E-state index is 12.7. The van der Waals surface area contributed by atoms with Crippen LogP contribution in [0.15, 0.2) is 33.9 Å². The van der Waals surface area contributed by atoms with Gasteiger partial charge < -0.3 is 5.11 Å². The highest BCUT2D eigenvalue weighted by Crippen LogP contribution is 2.37. The van der Waals surface area contributed by atoms with Gasteiger partial charge in [0.05, 0.1) is 16.3 Å². The maximum absolute atomic E-state index is 12.7. The molecule has 0 radical (unpaired) electrons. The molecule has 1 fully saturated rings. The van der Waals surface area contributed by atoms with E-state index in [4.69, 9.17) is 0 Å². The van der Waals surface area contributed by atoms with Crippen molar-refractivity contribution in [3.8, 4) is 0 Å². The first kappa shape index (κ1) is 15.5. The molecular formula is C17H20N2O4. The predicted octanol–water partition coefficient (Wildman–Crippen LogP) is 1.74. The third-order valence-electron chi connectivity index (χ3n) is 4.98. The maximum Gasteiger partial charge on any atom is 0.331 e. The quantitative estimate of drug-likeness (QED) is 0.935. The van der Waals surface area contributed by atoms with E-state index in [-0.39, 0.29) is 6.54 Å². The highest BCUT2D eigenvalue weighted by molar-refractivity contribution is 5.78. The van der Waals surface area contributed by atoms with Crippen LogP contribution in [0.1, 0.15) is 32.1 Å². The van der Waals surface area contributed by atoms with Gasteiger partial charge in [0.2, 0.25) is 0 Å². The number of aryl methyl sites for hydroxylation is 1. The Morgan fingerprint density at radius 1 is 1.17 bits per heavy atom. The summed E-state index contributed by atoms with van der Waals surface area (Å²) in [6, 6.07) is 6.90. The molecule has 122 valence electrons. The van der Waals surface area contributed by atoms with Crippen LogP contribution in [-0.2, 0) is 18.4 Å². The zero-order chi connectivity index (χ0) is 16.6. The van der Waals surface area contributed by atoms with Gasteiger partial charge >= 0.3 is 11.7 Å². The molecule has 6 heteroatoms. The largest absolute Gasteiger partial charge is 0.481 e. The van der Waals surface area contributed by atoms with E-state index in [0.29, 0.717) is 23.7 Å². The second kappa shape index (κ2) is 5.68. The molecule has 1 heterocycles. The summed E-state index contributed by atoms with van der Waals surface area (Å²) < 4.78 is 2.51. The second-order valence-electron chi connectivity index (χ2n) is 6.40. The van der Waals surface area contributed by atoms with Crippen molar-refractivity contribution >= 4 is 16.9 Å². The summed E-state index contributed by atoms with van der Waals surface area (Å²) in [6.45, 7) is -0.0569. The second-order valence-corrected chi connectivity index (χ2v) is 6.40. The molecule has 0 bridgehead atoms. The van der Waals surface area contributed by atoms with Crippen LogP contribution in [0, 0.1) is 5.41 Å². The Kier molecular flexibility index (Phi) is 3.83. The van der Waals surface area contributed by atoms with E-state index in [9.17, 15) is 19.5 Å². The van der Waals surface area contributed by atoms with E-state index >= 15 is 0 Å². The van der Waals surface area contributed by atoms with Gasteiger partial charge in [-0.25, -0.2) is 4.79 Å². The fourth-order valence-electron chi connectivity index (χ4n) is 3.57. The molecule has 2 aromatic rings. The lowest BCUT2D eigenvalue weighted by atomic mass is 9.74. The summed E-state index contributed by atoms with van der Waals surface area (Å²) in [5, 5.41) is 10.1. The van der Waals surface area contributed by atoms with Crippen molar-refractivity contribution in [3.05, 3.63) is 45.1 Å². The third-order valence-corrected chi connectivity index (χ3v) is 4.98. The standard InChI is InChI=1S/C17H20N2O4/c1-18-13-8-4-3-7-12(13)14(20)19(16(18)23)11-17(15(21)22)9-5-2-6-10-17/h3-4,7-8H,2,5-6,9-11H2,1H3,(H,21,22). The van der Waals surface area contributed by atoms with E-state index in [1.54, 1.807) is 31.3 Å². The predicted molar refractivity (Wildman–Crippen MR) is 86.6 cm³/mol. The average Bonchev–Trinajstić information content (AvgIpc) is 2.57. The van der Waals surface area contributed by atoms with Crippen LogP contribution in [0.5, 0.6) is 0 Å². The van der Waals surface area contributed by atoms with E-state index in [1.807, 2.05) is 0 Å². The molecule has 3 rings (SSSR count). The Hall–Kier alpha value is -2.37. The smallest absolute Gasteiger partial charge is 0.331 e. The third kappa shape index (κ3) is 2.48. The molecule has 1 aromatic heterocycles. The number of aliphatic carboxylic acids is 1. The van der Waals surface area contributed by atoms with Crippen molar-refractivity contribution in [1.82, 2.24) is 9.13 Å². The average molecular weight is 316 g/mol. The monoisotopic (exact) mass is 316 g/mol. The molecule has 0 spiro atoms. The van der Waals surface area contributed by atoms with E-state index in [1.165, 1.54) is 4.57 Å². The van der Waals surface area contributed by atoms with Gasteiger partial charge in [0, 0.05) is 13.6 Å². The number of carboxylic acid groups (broad SMARTS) is 1. The molecule has 1 aliphatic rings. The van der Waals surface area contributed by atoms with E-state index in [0.717, 1.165) is 23.8 Å². The van der Waals surface area contributed by atoms with Crippen LogP contribution in [0.4, 0.5) is 0 Å². The van der Waals surface area contributed by atoms with Crippen molar-refractivity contribution in [2.75, 3.05) is 0 Å². The van der Waals surface area contributed by atoms with Gasteiger partial charge in [-0.2, -0.15) is 0 Å². The van der Waals surface area contributed by atoms with Gasteiger partial charge in [-0.15, -0.1) is 0 Å². The molecule has 6 nitrogen and oxygen atoms in total. The molecule has 0 unspecified atom stereocenters. The first-order chi connectivity index (χ1) is 11.0. The summed E-state index contributed by atoms with van der Waals surface area (Å²) in [5.41, 5.74) is -1.32. The molecule has 1 N–H and O–H groups in total. The minimum Gasteiger partial charge on any atom is -0.481 e. The molecular weight excluding hydrogens is 296 g/mol. The Labute approximate surface area is 133 Å². The summed E-state index contributed by atoms with van der Waals surface area (Å²) in [4.78, 5) is 37.1. The minimum absolute atomic E-state index is 0.0569. The molecule has 0 amide bonds. The molecule has 1 saturated carbocycles. The Bertz CT molecular complexity index is 872. The number of carboxylic acids is 1. The van der Waals surface area contributed by atoms with E-state index < -0.39 is 22.6 Å². The highest BCUT2D eigenvalue weighted by atomic mass is 16.4. The van der Waals surface area contributed by atoms with Gasteiger partial charge in [-0.1, -0.05) is 31.4 Å². The van der Waals surface area contributed by atoms with Crippen LogP contribution in [-0.4, -0.2) is 20.2 Å². The topological polar surface area (TPSA) is 81.3 Å². The number of nitrogens with zero attached hydrogens (tertiary/aromatic N) is 2. The van der Waals surface area contributed by atoms with Crippen LogP contribution in [0.25, 0.3) is 10.9 Å².